The monoisotopic (exact) mass is 380 g/mol. The second kappa shape index (κ2) is 7.69. The van der Waals surface area contributed by atoms with Gasteiger partial charge in [0.2, 0.25) is 0 Å². The summed E-state index contributed by atoms with van der Waals surface area (Å²) in [7, 11) is 0. The van der Waals surface area contributed by atoms with Gasteiger partial charge in [0.05, 0.1) is 11.4 Å². The number of amides is 1. The van der Waals surface area contributed by atoms with Crippen LogP contribution in [-0.2, 0) is 6.54 Å². The van der Waals surface area contributed by atoms with Crippen molar-refractivity contribution in [2.75, 3.05) is 0 Å². The molecule has 140 valence electrons. The van der Waals surface area contributed by atoms with Gasteiger partial charge in [-0.05, 0) is 54.3 Å². The smallest absolute Gasteiger partial charge is 0.264 e. The fraction of sp³-hybridized carbons (Fsp3) is 0.364. The van der Waals surface area contributed by atoms with Crippen LogP contribution in [0.5, 0.6) is 0 Å². The second-order valence-corrected chi connectivity index (χ2v) is 8.36. The fourth-order valence-corrected chi connectivity index (χ4v) is 4.64. The molecule has 3 aromatic rings. The van der Waals surface area contributed by atoms with Crippen LogP contribution in [-0.4, -0.2) is 21.8 Å². The number of aromatic amines is 1. The molecule has 0 atom stereocenters. The molecule has 4 rings (SSSR count). The first-order valence-corrected chi connectivity index (χ1v) is 10.5. The summed E-state index contributed by atoms with van der Waals surface area (Å²) >= 11 is 1.47. The second-order valence-electron chi connectivity index (χ2n) is 7.42. The first kappa shape index (κ1) is 18.0. The zero-order valence-corrected chi connectivity index (χ0v) is 16.3. The van der Waals surface area contributed by atoms with Gasteiger partial charge in [-0.3, -0.25) is 9.59 Å². The van der Waals surface area contributed by atoms with Gasteiger partial charge in [0, 0.05) is 17.1 Å². The topological polar surface area (TPSA) is 53.2 Å². The van der Waals surface area contributed by atoms with Crippen LogP contribution in [0.25, 0.3) is 10.9 Å². The molecule has 1 amide bonds. The number of nitrogens with one attached hydrogen (secondary N) is 1. The Hall–Kier alpha value is -2.40. The number of aryl methyl sites for hydroxylation is 1. The molecular formula is C22H24N2O2S. The van der Waals surface area contributed by atoms with E-state index in [0.717, 1.165) is 47.0 Å². The molecule has 0 aliphatic heterocycles. The molecule has 2 aromatic heterocycles. The summed E-state index contributed by atoms with van der Waals surface area (Å²) in [4.78, 5) is 31.5. The molecule has 0 spiro atoms. The number of benzene rings is 1. The molecule has 0 unspecified atom stereocenters. The van der Waals surface area contributed by atoms with Crippen molar-refractivity contribution in [1.29, 1.82) is 0 Å². The molecule has 5 heteroatoms. The summed E-state index contributed by atoms with van der Waals surface area (Å²) in [6.45, 7) is 2.37. The first-order valence-electron chi connectivity index (χ1n) is 9.59. The number of hydrogen-bond acceptors (Lipinski definition) is 3. The van der Waals surface area contributed by atoms with Gasteiger partial charge in [-0.15, -0.1) is 11.3 Å². The number of fused-ring (bicyclic) bond motifs is 1. The van der Waals surface area contributed by atoms with E-state index < -0.39 is 0 Å². The van der Waals surface area contributed by atoms with Crippen molar-refractivity contribution in [3.8, 4) is 0 Å². The van der Waals surface area contributed by atoms with E-state index in [1.165, 1.54) is 17.8 Å². The van der Waals surface area contributed by atoms with Gasteiger partial charge in [-0.1, -0.05) is 37.5 Å². The lowest BCUT2D eigenvalue weighted by Crippen LogP contribution is -2.41. The van der Waals surface area contributed by atoms with E-state index in [9.17, 15) is 9.59 Å². The van der Waals surface area contributed by atoms with Crippen LogP contribution in [0.1, 0.15) is 52.9 Å². The van der Waals surface area contributed by atoms with E-state index >= 15 is 0 Å². The summed E-state index contributed by atoms with van der Waals surface area (Å²) in [5.41, 5.74) is 2.51. The van der Waals surface area contributed by atoms with Gasteiger partial charge in [0.1, 0.15) is 0 Å². The summed E-state index contributed by atoms with van der Waals surface area (Å²) in [6.07, 6.45) is 5.55. The summed E-state index contributed by atoms with van der Waals surface area (Å²) in [5, 5.41) is 2.93. The van der Waals surface area contributed by atoms with Crippen LogP contribution < -0.4 is 5.56 Å². The highest BCUT2D eigenvalue weighted by molar-refractivity contribution is 7.12. The minimum absolute atomic E-state index is 0.0419. The van der Waals surface area contributed by atoms with Crippen molar-refractivity contribution in [2.45, 2.75) is 51.6 Å². The highest BCUT2D eigenvalue weighted by atomic mass is 32.1. The molecule has 4 nitrogen and oxygen atoms in total. The quantitative estimate of drug-likeness (QED) is 0.702. The van der Waals surface area contributed by atoms with E-state index in [1.807, 2.05) is 53.6 Å². The van der Waals surface area contributed by atoms with Crippen molar-refractivity contribution in [3.05, 3.63) is 68.1 Å². The third-order valence-electron chi connectivity index (χ3n) is 5.43. The van der Waals surface area contributed by atoms with Crippen LogP contribution >= 0.6 is 11.3 Å². The molecule has 1 N–H and O–H groups in total. The molecule has 0 radical (unpaired) electrons. The van der Waals surface area contributed by atoms with Crippen molar-refractivity contribution in [1.82, 2.24) is 9.88 Å². The molecule has 0 saturated heterocycles. The van der Waals surface area contributed by atoms with Gasteiger partial charge >= 0.3 is 0 Å². The van der Waals surface area contributed by atoms with Gasteiger partial charge in [-0.2, -0.15) is 0 Å². The molecule has 27 heavy (non-hydrogen) atoms. The van der Waals surface area contributed by atoms with E-state index in [-0.39, 0.29) is 17.5 Å². The molecule has 1 aromatic carbocycles. The number of aromatic nitrogens is 1. The zero-order chi connectivity index (χ0) is 18.8. The SMILES string of the molecule is Cc1ccc2cc(CN(C(=O)c3cccs3)C3CCCCC3)c(=O)[nH]c2c1. The van der Waals surface area contributed by atoms with Crippen molar-refractivity contribution >= 4 is 28.1 Å². The molecule has 2 heterocycles. The lowest BCUT2D eigenvalue weighted by molar-refractivity contribution is 0.0618. The predicted octanol–water partition coefficient (Wildman–Crippen LogP) is 4.87. The van der Waals surface area contributed by atoms with Gasteiger partial charge < -0.3 is 9.88 Å². The molecular weight excluding hydrogens is 356 g/mol. The van der Waals surface area contributed by atoms with Gasteiger partial charge in [-0.25, -0.2) is 0 Å². The average molecular weight is 381 g/mol. The molecule has 1 aliphatic carbocycles. The first-order chi connectivity index (χ1) is 13.1. The Morgan fingerprint density at radius 3 is 2.74 bits per heavy atom. The number of rotatable bonds is 4. The van der Waals surface area contributed by atoms with E-state index in [0.29, 0.717) is 12.1 Å². The minimum Gasteiger partial charge on any atom is -0.330 e. The number of nitrogens with zero attached hydrogens (tertiary/aromatic N) is 1. The lowest BCUT2D eigenvalue weighted by Gasteiger charge is -2.34. The van der Waals surface area contributed by atoms with Gasteiger partial charge in [0.25, 0.3) is 11.5 Å². The molecule has 1 fully saturated rings. The predicted molar refractivity (Wildman–Crippen MR) is 110 cm³/mol. The average Bonchev–Trinajstić information content (AvgIpc) is 3.21. The maximum atomic E-state index is 13.2. The molecule has 0 bridgehead atoms. The van der Waals surface area contributed by atoms with Crippen molar-refractivity contribution in [2.24, 2.45) is 0 Å². The summed E-state index contributed by atoms with van der Waals surface area (Å²) in [5.74, 6) is 0.0419. The highest BCUT2D eigenvalue weighted by Gasteiger charge is 2.27. The van der Waals surface area contributed by atoms with Crippen LogP contribution in [0.3, 0.4) is 0 Å². The van der Waals surface area contributed by atoms with Crippen LogP contribution in [0.15, 0.2) is 46.6 Å². The Morgan fingerprint density at radius 1 is 1.19 bits per heavy atom. The Kier molecular flexibility index (Phi) is 5.12. The Bertz CT molecular complexity index is 1000. The summed E-state index contributed by atoms with van der Waals surface area (Å²) in [6, 6.07) is 12.0. The van der Waals surface area contributed by atoms with Crippen LogP contribution in [0, 0.1) is 6.92 Å². The maximum absolute atomic E-state index is 13.2. The summed E-state index contributed by atoms with van der Waals surface area (Å²) < 4.78 is 0. The minimum atomic E-state index is -0.104. The van der Waals surface area contributed by atoms with Crippen molar-refractivity contribution in [3.63, 3.8) is 0 Å². The third-order valence-corrected chi connectivity index (χ3v) is 6.29. The van der Waals surface area contributed by atoms with Gasteiger partial charge in [0.15, 0.2) is 0 Å². The molecule has 1 aliphatic rings. The van der Waals surface area contributed by atoms with E-state index in [2.05, 4.69) is 4.98 Å². The standard InChI is InChI=1S/C22H24N2O2S/c1-15-9-10-16-13-17(21(25)23-19(16)12-15)14-24(18-6-3-2-4-7-18)22(26)20-8-5-11-27-20/h5,8-13,18H,2-4,6-7,14H2,1H3,(H,23,25). The fourth-order valence-electron chi connectivity index (χ4n) is 3.96. The lowest BCUT2D eigenvalue weighted by atomic mass is 9.93. The number of hydrogen-bond donors (Lipinski definition) is 1. The Labute approximate surface area is 162 Å². The number of pyridine rings is 1. The highest BCUT2D eigenvalue weighted by Crippen LogP contribution is 2.26. The number of carbonyl (C=O) groups excluding carboxylic acids is 1. The number of H-pyrrole nitrogens is 1. The maximum Gasteiger partial charge on any atom is 0.264 e. The largest absolute Gasteiger partial charge is 0.330 e. The molecule has 1 saturated carbocycles. The van der Waals surface area contributed by atoms with E-state index in [1.54, 1.807) is 0 Å². The van der Waals surface area contributed by atoms with E-state index in [4.69, 9.17) is 0 Å². The Morgan fingerprint density at radius 2 is 2.00 bits per heavy atom. The number of thiophene rings is 1. The number of carbonyl (C=O) groups is 1. The van der Waals surface area contributed by atoms with Crippen molar-refractivity contribution < 1.29 is 4.79 Å². The third kappa shape index (κ3) is 3.83. The normalized spacial score (nSPS) is 15.1. The zero-order valence-electron chi connectivity index (χ0n) is 15.5. The Balaban J connectivity index is 1.69. The van der Waals surface area contributed by atoms with Crippen LogP contribution in [0.2, 0.25) is 0 Å². The van der Waals surface area contributed by atoms with Crippen LogP contribution in [0.4, 0.5) is 0 Å².